The van der Waals surface area contributed by atoms with Crippen molar-refractivity contribution < 1.29 is 4.42 Å². The van der Waals surface area contributed by atoms with Gasteiger partial charge >= 0.3 is 0 Å². The second-order valence-electron chi connectivity index (χ2n) is 10.6. The Balaban J connectivity index is 1.27. The molecule has 0 aliphatic carbocycles. The fraction of sp³-hybridized carbons (Fsp3) is 0. The van der Waals surface area contributed by atoms with Gasteiger partial charge in [0, 0.05) is 27.8 Å². The van der Waals surface area contributed by atoms with Gasteiger partial charge in [-0.2, -0.15) is 0 Å². The number of benzene rings is 7. The van der Waals surface area contributed by atoms with Gasteiger partial charge in [0.05, 0.1) is 0 Å². The van der Waals surface area contributed by atoms with Gasteiger partial charge in [-0.15, -0.1) is 0 Å². The van der Waals surface area contributed by atoms with Crippen LogP contribution in [0, 0.1) is 0 Å². The summed E-state index contributed by atoms with van der Waals surface area (Å²) >= 11 is 0. The molecule has 42 heavy (non-hydrogen) atoms. The Morgan fingerprint density at radius 1 is 0.381 bits per heavy atom. The van der Waals surface area contributed by atoms with Crippen LogP contribution in [0.4, 0.5) is 17.1 Å². The summed E-state index contributed by atoms with van der Waals surface area (Å²) in [5, 5.41) is 4.68. The average molecular weight is 538 g/mol. The van der Waals surface area contributed by atoms with E-state index in [1.165, 1.54) is 33.0 Å². The quantitative estimate of drug-likeness (QED) is 0.217. The fourth-order valence-corrected chi connectivity index (χ4v) is 6.09. The molecule has 0 spiro atoms. The van der Waals surface area contributed by atoms with E-state index >= 15 is 0 Å². The zero-order valence-corrected chi connectivity index (χ0v) is 22.9. The van der Waals surface area contributed by atoms with Gasteiger partial charge in [0.15, 0.2) is 0 Å². The average Bonchev–Trinajstić information content (AvgIpc) is 3.46. The number of hydrogen-bond donors (Lipinski definition) is 0. The number of furan rings is 1. The molecule has 0 unspecified atom stereocenters. The van der Waals surface area contributed by atoms with Crippen molar-refractivity contribution in [1.82, 2.24) is 0 Å². The van der Waals surface area contributed by atoms with Gasteiger partial charge in [-0.1, -0.05) is 115 Å². The van der Waals surface area contributed by atoms with Crippen LogP contribution in [0.25, 0.3) is 55.0 Å². The standard InChI is InChI=1S/C40H27NO/c1-3-11-28(12-4-1)34-15-7-8-16-35(34)29-19-23-32(24-20-29)41(31-13-5-2-6-14-31)33-25-21-30-22-26-39-40(37(30)27-33)36-17-9-10-18-38(36)42-39/h1-27H. The molecule has 0 saturated carbocycles. The largest absolute Gasteiger partial charge is 0.456 e. The maximum atomic E-state index is 6.21. The molecule has 198 valence electrons. The monoisotopic (exact) mass is 537 g/mol. The molecule has 2 heteroatoms. The molecular formula is C40H27NO. The van der Waals surface area contributed by atoms with Crippen LogP contribution in [-0.4, -0.2) is 0 Å². The maximum Gasteiger partial charge on any atom is 0.136 e. The van der Waals surface area contributed by atoms with Gasteiger partial charge < -0.3 is 9.32 Å². The molecule has 0 radical (unpaired) electrons. The lowest BCUT2D eigenvalue weighted by atomic mass is 9.94. The molecule has 2 nitrogen and oxygen atoms in total. The van der Waals surface area contributed by atoms with E-state index in [1.54, 1.807) is 0 Å². The Morgan fingerprint density at radius 3 is 1.71 bits per heavy atom. The highest BCUT2D eigenvalue weighted by Gasteiger charge is 2.16. The zero-order chi connectivity index (χ0) is 27.9. The van der Waals surface area contributed by atoms with Crippen molar-refractivity contribution in [1.29, 1.82) is 0 Å². The van der Waals surface area contributed by atoms with Gasteiger partial charge in [0.25, 0.3) is 0 Å². The molecule has 1 aromatic heterocycles. The fourth-order valence-electron chi connectivity index (χ4n) is 6.09. The predicted octanol–water partition coefficient (Wildman–Crippen LogP) is 11.5. The van der Waals surface area contributed by atoms with E-state index in [0.29, 0.717) is 0 Å². The molecule has 0 atom stereocenters. The van der Waals surface area contributed by atoms with Crippen molar-refractivity contribution in [2.45, 2.75) is 0 Å². The summed E-state index contributed by atoms with van der Waals surface area (Å²) in [4.78, 5) is 2.33. The first-order valence-electron chi connectivity index (χ1n) is 14.3. The van der Waals surface area contributed by atoms with E-state index in [1.807, 2.05) is 12.1 Å². The SMILES string of the molecule is c1ccc(-c2ccccc2-c2ccc(N(c3ccccc3)c3ccc4ccc5oc6ccccc6c5c4c3)cc2)cc1. The molecule has 0 amide bonds. The number of hydrogen-bond acceptors (Lipinski definition) is 2. The highest BCUT2D eigenvalue weighted by Crippen LogP contribution is 2.41. The first-order chi connectivity index (χ1) is 20.8. The van der Waals surface area contributed by atoms with Gasteiger partial charge in [-0.25, -0.2) is 0 Å². The molecule has 0 saturated heterocycles. The predicted molar refractivity (Wildman–Crippen MR) is 177 cm³/mol. The second kappa shape index (κ2) is 10.1. The Morgan fingerprint density at radius 2 is 0.952 bits per heavy atom. The van der Waals surface area contributed by atoms with Crippen LogP contribution in [0.5, 0.6) is 0 Å². The van der Waals surface area contributed by atoms with Gasteiger partial charge in [-0.05, 0) is 81.6 Å². The lowest BCUT2D eigenvalue weighted by Gasteiger charge is -2.26. The van der Waals surface area contributed by atoms with E-state index < -0.39 is 0 Å². The third kappa shape index (κ3) is 4.13. The summed E-state index contributed by atoms with van der Waals surface area (Å²) < 4.78 is 6.21. The lowest BCUT2D eigenvalue weighted by molar-refractivity contribution is 0.669. The molecule has 0 bridgehead atoms. The summed E-state index contributed by atoms with van der Waals surface area (Å²) in [5.41, 5.74) is 10.0. The number of rotatable bonds is 5. The molecule has 1 heterocycles. The van der Waals surface area contributed by atoms with Crippen LogP contribution < -0.4 is 4.90 Å². The molecule has 8 aromatic rings. The van der Waals surface area contributed by atoms with E-state index in [2.05, 4.69) is 157 Å². The summed E-state index contributed by atoms with van der Waals surface area (Å²) in [6.07, 6.45) is 0. The maximum absolute atomic E-state index is 6.21. The lowest BCUT2D eigenvalue weighted by Crippen LogP contribution is -2.09. The summed E-state index contributed by atoms with van der Waals surface area (Å²) in [5.74, 6) is 0. The first-order valence-corrected chi connectivity index (χ1v) is 14.3. The number of anilines is 3. The Labute approximate surface area is 244 Å². The number of fused-ring (bicyclic) bond motifs is 5. The molecule has 0 aliphatic rings. The van der Waals surface area contributed by atoms with Crippen molar-refractivity contribution in [3.63, 3.8) is 0 Å². The Bertz CT molecular complexity index is 2180. The van der Waals surface area contributed by atoms with E-state index in [9.17, 15) is 0 Å². The van der Waals surface area contributed by atoms with Crippen LogP contribution in [0.3, 0.4) is 0 Å². The normalized spacial score (nSPS) is 11.3. The molecule has 0 aliphatic heterocycles. The topological polar surface area (TPSA) is 16.4 Å². The van der Waals surface area contributed by atoms with Gasteiger partial charge in [-0.3, -0.25) is 0 Å². The van der Waals surface area contributed by atoms with E-state index in [-0.39, 0.29) is 0 Å². The number of nitrogens with zero attached hydrogens (tertiary/aromatic N) is 1. The minimum absolute atomic E-state index is 0.911. The van der Waals surface area contributed by atoms with Crippen molar-refractivity contribution in [3.05, 3.63) is 164 Å². The smallest absolute Gasteiger partial charge is 0.136 e. The highest BCUT2D eigenvalue weighted by atomic mass is 16.3. The van der Waals surface area contributed by atoms with Crippen molar-refractivity contribution >= 4 is 49.8 Å². The molecule has 0 N–H and O–H groups in total. The third-order valence-electron chi connectivity index (χ3n) is 8.06. The van der Waals surface area contributed by atoms with Crippen molar-refractivity contribution in [3.8, 4) is 22.3 Å². The minimum Gasteiger partial charge on any atom is -0.456 e. The second-order valence-corrected chi connectivity index (χ2v) is 10.6. The van der Waals surface area contributed by atoms with Crippen molar-refractivity contribution in [2.75, 3.05) is 4.90 Å². The molecular weight excluding hydrogens is 510 g/mol. The van der Waals surface area contributed by atoms with Gasteiger partial charge in [0.2, 0.25) is 0 Å². The number of para-hydroxylation sites is 2. The third-order valence-corrected chi connectivity index (χ3v) is 8.06. The zero-order valence-electron chi connectivity index (χ0n) is 22.9. The molecule has 0 fully saturated rings. The Hall–Kier alpha value is -5.60. The molecule has 8 rings (SSSR count). The summed E-state index contributed by atoms with van der Waals surface area (Å²) in [6.45, 7) is 0. The Kier molecular flexibility index (Phi) is 5.82. The van der Waals surface area contributed by atoms with E-state index in [4.69, 9.17) is 4.42 Å². The van der Waals surface area contributed by atoms with Crippen LogP contribution in [0.1, 0.15) is 0 Å². The van der Waals surface area contributed by atoms with Crippen LogP contribution >= 0.6 is 0 Å². The first kappa shape index (κ1) is 24.2. The van der Waals surface area contributed by atoms with Crippen molar-refractivity contribution in [2.24, 2.45) is 0 Å². The van der Waals surface area contributed by atoms with E-state index in [0.717, 1.165) is 39.0 Å². The minimum atomic E-state index is 0.911. The highest BCUT2D eigenvalue weighted by molar-refractivity contribution is 6.19. The van der Waals surface area contributed by atoms with Gasteiger partial charge in [0.1, 0.15) is 11.2 Å². The van der Waals surface area contributed by atoms with Crippen LogP contribution in [0.15, 0.2) is 168 Å². The summed E-state index contributed by atoms with van der Waals surface area (Å²) in [6, 6.07) is 57.9. The van der Waals surface area contributed by atoms with Crippen LogP contribution in [0.2, 0.25) is 0 Å². The van der Waals surface area contributed by atoms with Crippen LogP contribution in [-0.2, 0) is 0 Å². The molecule has 7 aromatic carbocycles. The summed E-state index contributed by atoms with van der Waals surface area (Å²) in [7, 11) is 0.